The van der Waals surface area contributed by atoms with Crippen LogP contribution in [0.1, 0.15) is 40.2 Å². The number of carbonyl (C=O) groups excluding carboxylic acids is 1. The molecule has 8 heteroatoms. The number of hydrogen-bond acceptors (Lipinski definition) is 7. The number of thioether (sulfide) groups is 1. The number of amides is 1. The van der Waals surface area contributed by atoms with Gasteiger partial charge in [0.05, 0.1) is 11.3 Å². The molecule has 0 saturated carbocycles. The molecule has 2 aromatic rings. The molecule has 2 rings (SSSR count). The molecule has 2 N–H and O–H groups in total. The maximum Gasteiger partial charge on any atom is 0.234 e. The van der Waals surface area contributed by atoms with Crippen molar-refractivity contribution in [2.24, 2.45) is 5.92 Å². The lowest BCUT2D eigenvalue weighted by Crippen LogP contribution is -2.51. The van der Waals surface area contributed by atoms with Crippen molar-refractivity contribution >= 4 is 39.8 Å². The second-order valence-electron chi connectivity index (χ2n) is 6.77. The number of aryl methyl sites for hydroxylation is 1. The van der Waals surface area contributed by atoms with Gasteiger partial charge < -0.3 is 10.6 Å². The molecule has 0 aliphatic rings. The molecule has 0 fully saturated rings. The third-order valence-electron chi connectivity index (χ3n) is 4.44. The minimum atomic E-state index is -0.885. The van der Waals surface area contributed by atoms with Crippen LogP contribution < -0.4 is 10.6 Å². The van der Waals surface area contributed by atoms with Crippen molar-refractivity contribution in [1.82, 2.24) is 15.5 Å². The van der Waals surface area contributed by atoms with E-state index in [1.54, 1.807) is 13.8 Å². The van der Waals surface area contributed by atoms with Crippen molar-refractivity contribution < 1.29 is 4.79 Å². The predicted octanol–water partition coefficient (Wildman–Crippen LogP) is 4.38. The average Bonchev–Trinajstić information content (AvgIpc) is 3.08. The molecule has 0 radical (unpaired) electrons. The first-order valence-electron chi connectivity index (χ1n) is 8.86. The molecule has 0 aliphatic carbocycles. The molecule has 1 heterocycles. The molecule has 6 nitrogen and oxygen atoms in total. The van der Waals surface area contributed by atoms with Crippen LogP contribution in [0.3, 0.4) is 0 Å². The summed E-state index contributed by atoms with van der Waals surface area (Å²) in [7, 11) is 0. The van der Waals surface area contributed by atoms with Gasteiger partial charge in [-0.1, -0.05) is 56.0 Å². The second-order valence-corrected chi connectivity index (χ2v) is 9.33. The van der Waals surface area contributed by atoms with Crippen LogP contribution in [0.2, 0.25) is 0 Å². The Labute approximate surface area is 168 Å². The number of nitrogens with one attached hydrogen (secondary N) is 2. The van der Waals surface area contributed by atoms with Gasteiger partial charge in [0.1, 0.15) is 5.54 Å². The average molecular weight is 404 g/mol. The molecular formula is C19H25N5OS2. The highest BCUT2D eigenvalue weighted by Crippen LogP contribution is 2.31. The third kappa shape index (κ3) is 5.68. The van der Waals surface area contributed by atoms with Crippen molar-refractivity contribution in [3.05, 3.63) is 29.8 Å². The second kappa shape index (κ2) is 9.20. The fraction of sp³-hybridized carbons (Fsp3) is 0.474. The lowest BCUT2D eigenvalue weighted by atomic mass is 9.90. The topological polar surface area (TPSA) is 90.7 Å². The van der Waals surface area contributed by atoms with Crippen LogP contribution in [0.4, 0.5) is 10.8 Å². The van der Waals surface area contributed by atoms with Gasteiger partial charge in [0.2, 0.25) is 11.0 Å². The van der Waals surface area contributed by atoms with E-state index in [-0.39, 0.29) is 17.1 Å². The molecule has 0 saturated heterocycles. The Morgan fingerprint density at radius 2 is 1.96 bits per heavy atom. The SMILES string of the molecule is CCc1ccc(Nc2nnc(S[C@@H](C)C(=O)N[C@@](C)(C#N)C(C)C)s2)cc1. The number of carbonyl (C=O) groups is 1. The van der Waals surface area contributed by atoms with Gasteiger partial charge >= 0.3 is 0 Å². The largest absolute Gasteiger partial charge is 0.337 e. The van der Waals surface area contributed by atoms with Gasteiger partial charge in [-0.15, -0.1) is 10.2 Å². The number of hydrogen-bond donors (Lipinski definition) is 2. The Balaban J connectivity index is 1.96. The molecule has 0 aliphatic heterocycles. The minimum Gasteiger partial charge on any atom is -0.337 e. The summed E-state index contributed by atoms with van der Waals surface area (Å²) in [4.78, 5) is 12.4. The molecular weight excluding hydrogens is 378 g/mol. The van der Waals surface area contributed by atoms with E-state index in [9.17, 15) is 10.1 Å². The Kier molecular flexibility index (Phi) is 7.22. The Morgan fingerprint density at radius 1 is 1.30 bits per heavy atom. The molecule has 0 unspecified atom stereocenters. The van der Waals surface area contributed by atoms with Crippen molar-refractivity contribution in [2.45, 2.75) is 56.2 Å². The summed E-state index contributed by atoms with van der Waals surface area (Å²) in [6, 6.07) is 10.4. The number of nitriles is 1. The standard InChI is InChI=1S/C19H25N5OS2/c1-6-14-7-9-15(10-8-14)21-17-23-24-18(27-17)26-13(4)16(25)22-19(5,11-20)12(2)3/h7-10,12-13H,6H2,1-5H3,(H,21,23)(H,22,25)/t13-,19-/m0/s1. The van der Waals surface area contributed by atoms with Crippen LogP contribution in [-0.4, -0.2) is 26.9 Å². The number of aromatic nitrogens is 2. The van der Waals surface area contributed by atoms with Gasteiger partial charge in [-0.25, -0.2) is 0 Å². The zero-order valence-corrected chi connectivity index (χ0v) is 17.9. The van der Waals surface area contributed by atoms with Gasteiger partial charge in [0.15, 0.2) is 4.34 Å². The smallest absolute Gasteiger partial charge is 0.234 e. The van der Waals surface area contributed by atoms with E-state index in [4.69, 9.17) is 0 Å². The molecule has 1 amide bonds. The number of anilines is 2. The van der Waals surface area contributed by atoms with Gasteiger partial charge in [0, 0.05) is 5.69 Å². The highest BCUT2D eigenvalue weighted by molar-refractivity contribution is 8.02. The molecule has 0 bridgehead atoms. The lowest BCUT2D eigenvalue weighted by Gasteiger charge is -2.28. The first kappa shape index (κ1) is 21.2. The zero-order chi connectivity index (χ0) is 20.0. The van der Waals surface area contributed by atoms with Gasteiger partial charge in [-0.3, -0.25) is 4.79 Å². The fourth-order valence-corrected chi connectivity index (χ4v) is 4.04. The van der Waals surface area contributed by atoms with E-state index in [1.807, 2.05) is 26.0 Å². The third-order valence-corrected chi connectivity index (χ3v) is 6.46. The van der Waals surface area contributed by atoms with Crippen LogP contribution in [0, 0.1) is 17.2 Å². The van der Waals surface area contributed by atoms with Crippen molar-refractivity contribution in [2.75, 3.05) is 5.32 Å². The van der Waals surface area contributed by atoms with E-state index in [1.165, 1.54) is 28.7 Å². The fourth-order valence-electron chi connectivity index (χ4n) is 2.12. The normalized spacial score (nSPS) is 14.3. The van der Waals surface area contributed by atoms with Crippen molar-refractivity contribution in [3.8, 4) is 6.07 Å². The monoisotopic (exact) mass is 403 g/mol. The number of nitrogens with zero attached hydrogens (tertiary/aromatic N) is 3. The zero-order valence-electron chi connectivity index (χ0n) is 16.2. The summed E-state index contributed by atoms with van der Waals surface area (Å²) in [5.41, 5.74) is 1.34. The number of rotatable bonds is 8. The van der Waals surface area contributed by atoms with Gasteiger partial charge in [-0.05, 0) is 43.9 Å². The number of benzene rings is 1. The van der Waals surface area contributed by atoms with Crippen LogP contribution in [0.15, 0.2) is 28.6 Å². The van der Waals surface area contributed by atoms with Crippen LogP contribution in [0.5, 0.6) is 0 Å². The van der Waals surface area contributed by atoms with Crippen LogP contribution in [0.25, 0.3) is 0 Å². The predicted molar refractivity (Wildman–Crippen MR) is 111 cm³/mol. The van der Waals surface area contributed by atoms with Crippen LogP contribution in [-0.2, 0) is 11.2 Å². The summed E-state index contributed by atoms with van der Waals surface area (Å²) in [5, 5.41) is 24.0. The molecule has 0 spiro atoms. The van der Waals surface area contributed by atoms with E-state index in [0.717, 1.165) is 12.1 Å². The minimum absolute atomic E-state index is 0.0140. The highest BCUT2D eigenvalue weighted by Gasteiger charge is 2.32. The molecule has 144 valence electrons. The van der Waals surface area contributed by atoms with Crippen molar-refractivity contribution in [1.29, 1.82) is 5.26 Å². The quantitative estimate of drug-likeness (QED) is 0.636. The van der Waals surface area contributed by atoms with E-state index < -0.39 is 5.54 Å². The van der Waals surface area contributed by atoms with Crippen LogP contribution >= 0.6 is 23.1 Å². The summed E-state index contributed by atoms with van der Waals surface area (Å²) in [5.74, 6) is -0.169. The summed E-state index contributed by atoms with van der Waals surface area (Å²) in [6.45, 7) is 9.49. The molecule has 27 heavy (non-hydrogen) atoms. The molecule has 1 aromatic carbocycles. The van der Waals surface area contributed by atoms with Crippen molar-refractivity contribution in [3.63, 3.8) is 0 Å². The first-order chi connectivity index (χ1) is 12.8. The molecule has 1 aromatic heterocycles. The van der Waals surface area contributed by atoms with Gasteiger partial charge in [-0.2, -0.15) is 5.26 Å². The lowest BCUT2D eigenvalue weighted by molar-refractivity contribution is -0.121. The Hall–Kier alpha value is -2.11. The van der Waals surface area contributed by atoms with Gasteiger partial charge in [0.25, 0.3) is 0 Å². The maximum atomic E-state index is 12.4. The Morgan fingerprint density at radius 3 is 2.52 bits per heavy atom. The molecule has 2 atom stereocenters. The Bertz CT molecular complexity index is 812. The summed E-state index contributed by atoms with van der Waals surface area (Å²) >= 11 is 2.73. The summed E-state index contributed by atoms with van der Waals surface area (Å²) in [6.07, 6.45) is 1.00. The maximum absolute atomic E-state index is 12.4. The first-order valence-corrected chi connectivity index (χ1v) is 10.6. The summed E-state index contributed by atoms with van der Waals surface area (Å²) < 4.78 is 0.702. The highest BCUT2D eigenvalue weighted by atomic mass is 32.2. The van der Waals surface area contributed by atoms with E-state index >= 15 is 0 Å². The van der Waals surface area contributed by atoms with E-state index in [0.29, 0.717) is 9.47 Å². The van der Waals surface area contributed by atoms with E-state index in [2.05, 4.69) is 46.0 Å².